The Morgan fingerprint density at radius 1 is 1.32 bits per heavy atom. The molecule has 1 aromatic carbocycles. The average molecular weight is 273 g/mol. The molecule has 1 aromatic heterocycles. The van der Waals surface area contributed by atoms with Gasteiger partial charge >= 0.3 is 0 Å². The molecule has 0 aliphatic carbocycles. The number of nitrogens with zero attached hydrogens (tertiary/aromatic N) is 2. The van der Waals surface area contributed by atoms with E-state index in [1.807, 2.05) is 31.2 Å². The van der Waals surface area contributed by atoms with Crippen LogP contribution in [-0.2, 0) is 13.0 Å². The maximum atomic E-state index is 8.95. The Hall–Kier alpha value is -2.05. The summed E-state index contributed by atoms with van der Waals surface area (Å²) in [5, 5.41) is 9.69. The Balaban J connectivity index is 2.13. The second-order valence-corrected chi connectivity index (χ2v) is 4.43. The fraction of sp³-hybridized carbons (Fsp3) is 0.200. The van der Waals surface area contributed by atoms with Gasteiger partial charge in [0.1, 0.15) is 24.1 Å². The van der Waals surface area contributed by atoms with Crippen molar-refractivity contribution in [1.29, 1.82) is 5.26 Å². The van der Waals surface area contributed by atoms with E-state index in [9.17, 15) is 0 Å². The number of benzene rings is 1. The second kappa shape index (κ2) is 6.21. The van der Waals surface area contributed by atoms with Gasteiger partial charge in [-0.25, -0.2) is 4.98 Å². The molecule has 0 saturated carbocycles. The van der Waals surface area contributed by atoms with E-state index in [-0.39, 0.29) is 0 Å². The molecular formula is C15H13ClN2O. The van der Waals surface area contributed by atoms with Crippen LogP contribution in [0.1, 0.15) is 23.7 Å². The first-order chi connectivity index (χ1) is 9.24. The van der Waals surface area contributed by atoms with Gasteiger partial charge in [0.15, 0.2) is 0 Å². The van der Waals surface area contributed by atoms with Crippen molar-refractivity contribution < 1.29 is 4.74 Å². The van der Waals surface area contributed by atoms with Crippen molar-refractivity contribution in [3.8, 4) is 11.8 Å². The molecule has 0 spiro atoms. The summed E-state index contributed by atoms with van der Waals surface area (Å²) in [7, 11) is 0. The smallest absolute Gasteiger partial charge is 0.147 e. The zero-order valence-corrected chi connectivity index (χ0v) is 11.3. The van der Waals surface area contributed by atoms with E-state index < -0.39 is 0 Å². The second-order valence-electron chi connectivity index (χ2n) is 4.02. The molecule has 0 aliphatic heterocycles. The molecule has 0 amide bonds. The van der Waals surface area contributed by atoms with Gasteiger partial charge in [-0.05, 0) is 36.2 Å². The summed E-state index contributed by atoms with van der Waals surface area (Å²) >= 11 is 6.05. The highest BCUT2D eigenvalue weighted by Gasteiger charge is 2.05. The van der Waals surface area contributed by atoms with Crippen molar-refractivity contribution >= 4 is 11.6 Å². The topological polar surface area (TPSA) is 45.9 Å². The highest BCUT2D eigenvalue weighted by atomic mass is 35.5. The van der Waals surface area contributed by atoms with Crippen molar-refractivity contribution in [3.63, 3.8) is 0 Å². The van der Waals surface area contributed by atoms with E-state index >= 15 is 0 Å². The van der Waals surface area contributed by atoms with Crippen molar-refractivity contribution in [2.24, 2.45) is 0 Å². The highest BCUT2D eigenvalue weighted by molar-refractivity contribution is 6.31. The number of ether oxygens (including phenoxy) is 1. The maximum absolute atomic E-state index is 8.95. The van der Waals surface area contributed by atoms with Crippen LogP contribution in [0, 0.1) is 11.3 Å². The summed E-state index contributed by atoms with van der Waals surface area (Å²) < 4.78 is 5.68. The minimum Gasteiger partial charge on any atom is -0.489 e. The van der Waals surface area contributed by atoms with Gasteiger partial charge in [-0.15, -0.1) is 0 Å². The normalized spacial score (nSPS) is 9.95. The van der Waals surface area contributed by atoms with Crippen LogP contribution in [0.15, 0.2) is 36.5 Å². The summed E-state index contributed by atoms with van der Waals surface area (Å²) in [6.45, 7) is 2.36. The number of hydrogen-bond donors (Lipinski definition) is 0. The van der Waals surface area contributed by atoms with Gasteiger partial charge in [0.05, 0.1) is 0 Å². The molecule has 1 heterocycles. The molecule has 0 aliphatic rings. The number of hydrogen-bond acceptors (Lipinski definition) is 3. The summed E-state index contributed by atoms with van der Waals surface area (Å²) in [6.07, 6.45) is 2.45. The molecule has 0 saturated heterocycles. The Morgan fingerprint density at radius 2 is 2.16 bits per heavy atom. The molecule has 0 bridgehead atoms. The van der Waals surface area contributed by atoms with Crippen molar-refractivity contribution in [2.45, 2.75) is 20.0 Å². The first kappa shape index (κ1) is 13.4. The SMILES string of the molecule is CCc1cc(OCc2cccnc2C#N)ccc1Cl. The van der Waals surface area contributed by atoms with Gasteiger partial charge in [-0.1, -0.05) is 24.6 Å². The van der Waals surface area contributed by atoms with Crippen LogP contribution < -0.4 is 4.74 Å². The lowest BCUT2D eigenvalue weighted by molar-refractivity contribution is 0.305. The van der Waals surface area contributed by atoms with Gasteiger partial charge in [-0.3, -0.25) is 0 Å². The first-order valence-electron chi connectivity index (χ1n) is 5.99. The zero-order valence-electron chi connectivity index (χ0n) is 10.6. The third-order valence-corrected chi connectivity index (χ3v) is 3.16. The van der Waals surface area contributed by atoms with Crippen molar-refractivity contribution in [3.05, 3.63) is 58.4 Å². The number of halogens is 1. The van der Waals surface area contributed by atoms with Gasteiger partial charge < -0.3 is 4.74 Å². The van der Waals surface area contributed by atoms with Crippen molar-refractivity contribution in [2.75, 3.05) is 0 Å². The minimum atomic E-state index is 0.321. The van der Waals surface area contributed by atoms with Gasteiger partial charge in [-0.2, -0.15) is 5.26 Å². The lowest BCUT2D eigenvalue weighted by Crippen LogP contribution is -2.00. The molecule has 2 aromatic rings. The Bertz CT molecular complexity index is 620. The highest BCUT2D eigenvalue weighted by Crippen LogP contribution is 2.23. The fourth-order valence-electron chi connectivity index (χ4n) is 1.73. The molecule has 0 unspecified atom stereocenters. The molecule has 0 radical (unpaired) electrons. The van der Waals surface area contributed by atoms with E-state index in [0.717, 1.165) is 28.3 Å². The van der Waals surface area contributed by atoms with Crippen LogP contribution in [0.2, 0.25) is 5.02 Å². The summed E-state index contributed by atoms with van der Waals surface area (Å²) in [5.74, 6) is 0.744. The van der Waals surface area contributed by atoms with E-state index in [1.165, 1.54) is 0 Å². The molecule has 4 heteroatoms. The maximum Gasteiger partial charge on any atom is 0.147 e. The van der Waals surface area contributed by atoms with E-state index in [4.69, 9.17) is 21.6 Å². The Labute approximate surface area is 117 Å². The molecule has 2 rings (SSSR count). The van der Waals surface area contributed by atoms with Gasteiger partial charge in [0.2, 0.25) is 0 Å². The number of pyridine rings is 1. The van der Waals surface area contributed by atoms with E-state index in [2.05, 4.69) is 11.1 Å². The van der Waals surface area contributed by atoms with Crippen molar-refractivity contribution in [1.82, 2.24) is 4.98 Å². The minimum absolute atomic E-state index is 0.321. The molecule has 0 N–H and O–H groups in total. The number of aryl methyl sites for hydroxylation is 1. The average Bonchev–Trinajstić information content (AvgIpc) is 2.46. The van der Waals surface area contributed by atoms with E-state index in [1.54, 1.807) is 12.3 Å². The molecule has 0 fully saturated rings. The predicted octanol–water partition coefficient (Wildman–Crippen LogP) is 3.75. The molecule has 3 nitrogen and oxygen atoms in total. The van der Waals surface area contributed by atoms with Crippen LogP contribution in [-0.4, -0.2) is 4.98 Å². The number of nitriles is 1. The Kier molecular flexibility index (Phi) is 4.38. The van der Waals surface area contributed by atoms with Crippen LogP contribution in [0.5, 0.6) is 5.75 Å². The van der Waals surface area contributed by atoms with Crippen LogP contribution in [0.25, 0.3) is 0 Å². The zero-order chi connectivity index (χ0) is 13.7. The van der Waals surface area contributed by atoms with Crippen LogP contribution >= 0.6 is 11.6 Å². The number of rotatable bonds is 4. The summed E-state index contributed by atoms with van der Waals surface area (Å²) in [6, 6.07) is 11.2. The lowest BCUT2D eigenvalue weighted by Gasteiger charge is -2.09. The molecule has 96 valence electrons. The van der Waals surface area contributed by atoms with E-state index in [0.29, 0.717) is 12.3 Å². The quantitative estimate of drug-likeness (QED) is 0.851. The van der Waals surface area contributed by atoms with Gasteiger partial charge in [0, 0.05) is 16.8 Å². The van der Waals surface area contributed by atoms with Crippen LogP contribution in [0.4, 0.5) is 0 Å². The summed E-state index contributed by atoms with van der Waals surface area (Å²) in [4.78, 5) is 4.00. The third-order valence-electron chi connectivity index (χ3n) is 2.79. The fourth-order valence-corrected chi connectivity index (χ4v) is 1.98. The monoisotopic (exact) mass is 272 g/mol. The standard InChI is InChI=1S/C15H13ClN2O/c1-2-11-8-13(5-6-14(11)16)19-10-12-4-3-7-18-15(12)9-17/h3-8H,2,10H2,1H3. The van der Waals surface area contributed by atoms with Gasteiger partial charge in [0.25, 0.3) is 0 Å². The van der Waals surface area contributed by atoms with Crippen LogP contribution in [0.3, 0.4) is 0 Å². The number of aromatic nitrogens is 1. The lowest BCUT2D eigenvalue weighted by atomic mass is 10.1. The largest absolute Gasteiger partial charge is 0.489 e. The third kappa shape index (κ3) is 3.24. The molecule has 19 heavy (non-hydrogen) atoms. The predicted molar refractivity (Wildman–Crippen MR) is 74.1 cm³/mol. The molecule has 0 atom stereocenters. The molecular weight excluding hydrogens is 260 g/mol. The first-order valence-corrected chi connectivity index (χ1v) is 6.37. The summed E-state index contributed by atoms with van der Waals surface area (Å²) in [5.41, 5.74) is 2.22. The Morgan fingerprint density at radius 3 is 2.89 bits per heavy atom.